The smallest absolute Gasteiger partial charge is 0.230 e. The molecule has 3 nitrogen and oxygen atoms in total. The second kappa shape index (κ2) is 6.96. The largest absolute Gasteiger partial charge is 0.353 e. The average Bonchev–Trinajstić information content (AvgIpc) is 2.40. The van der Waals surface area contributed by atoms with E-state index >= 15 is 0 Å². The summed E-state index contributed by atoms with van der Waals surface area (Å²) >= 11 is 1.61. The molecule has 0 aromatic heterocycles. The van der Waals surface area contributed by atoms with E-state index in [4.69, 9.17) is 5.73 Å². The van der Waals surface area contributed by atoms with Gasteiger partial charge in [0.2, 0.25) is 5.91 Å². The number of nitrogens with two attached hydrogens (primary N) is 1. The second-order valence-corrected chi connectivity index (χ2v) is 6.25. The maximum atomic E-state index is 11.9. The number of carbonyl (C=O) groups excluding carboxylic acids is 1. The van der Waals surface area contributed by atoms with Crippen molar-refractivity contribution in [3.63, 3.8) is 0 Å². The van der Waals surface area contributed by atoms with E-state index < -0.39 is 0 Å². The van der Waals surface area contributed by atoms with Crippen LogP contribution in [-0.4, -0.2) is 23.7 Å². The van der Waals surface area contributed by atoms with Crippen molar-refractivity contribution in [1.82, 2.24) is 5.32 Å². The van der Waals surface area contributed by atoms with Gasteiger partial charge < -0.3 is 11.1 Å². The van der Waals surface area contributed by atoms with E-state index in [1.165, 1.54) is 10.5 Å². The van der Waals surface area contributed by atoms with Gasteiger partial charge in [-0.25, -0.2) is 0 Å². The van der Waals surface area contributed by atoms with Crippen molar-refractivity contribution in [3.8, 4) is 0 Å². The molecule has 0 saturated heterocycles. The van der Waals surface area contributed by atoms with Crippen LogP contribution in [0.5, 0.6) is 0 Å². The number of hydrogen-bond acceptors (Lipinski definition) is 3. The maximum absolute atomic E-state index is 11.9. The molecule has 1 aliphatic rings. The van der Waals surface area contributed by atoms with Gasteiger partial charge in [0, 0.05) is 17.0 Å². The summed E-state index contributed by atoms with van der Waals surface area (Å²) in [6, 6.07) is 8.81. The predicted molar refractivity (Wildman–Crippen MR) is 80.3 cm³/mol. The highest BCUT2D eigenvalue weighted by molar-refractivity contribution is 8.00. The molecule has 0 unspecified atom stereocenters. The molecular formula is C15H22N2OS. The second-order valence-electron chi connectivity index (χ2n) is 5.23. The third kappa shape index (κ3) is 4.55. The minimum absolute atomic E-state index is 0.133. The van der Waals surface area contributed by atoms with Crippen LogP contribution in [-0.2, 0) is 4.79 Å². The zero-order chi connectivity index (χ0) is 13.7. The SMILES string of the molecule is Cc1ccccc1SCC(=O)NC1CCC(N)CC1. The minimum Gasteiger partial charge on any atom is -0.353 e. The van der Waals surface area contributed by atoms with Crippen LogP contribution in [0.15, 0.2) is 29.2 Å². The number of rotatable bonds is 4. The first-order valence-corrected chi connectivity index (χ1v) is 7.87. The molecule has 3 N–H and O–H groups in total. The van der Waals surface area contributed by atoms with Crippen molar-refractivity contribution in [1.29, 1.82) is 0 Å². The third-order valence-electron chi connectivity index (χ3n) is 3.59. The average molecular weight is 278 g/mol. The van der Waals surface area contributed by atoms with E-state index in [0.29, 0.717) is 17.8 Å². The quantitative estimate of drug-likeness (QED) is 0.832. The molecule has 2 rings (SSSR count). The van der Waals surface area contributed by atoms with Crippen molar-refractivity contribution in [2.45, 2.75) is 49.6 Å². The highest BCUT2D eigenvalue weighted by Gasteiger charge is 2.19. The third-order valence-corrected chi connectivity index (χ3v) is 4.76. The lowest BCUT2D eigenvalue weighted by Gasteiger charge is -2.26. The lowest BCUT2D eigenvalue weighted by molar-refractivity contribution is -0.119. The van der Waals surface area contributed by atoms with Crippen molar-refractivity contribution in [2.24, 2.45) is 5.73 Å². The summed E-state index contributed by atoms with van der Waals surface area (Å²) < 4.78 is 0. The van der Waals surface area contributed by atoms with Crippen LogP contribution in [0, 0.1) is 6.92 Å². The number of nitrogens with one attached hydrogen (secondary N) is 1. The zero-order valence-corrected chi connectivity index (χ0v) is 12.2. The molecule has 1 saturated carbocycles. The molecule has 0 bridgehead atoms. The van der Waals surface area contributed by atoms with Crippen LogP contribution in [0.1, 0.15) is 31.2 Å². The lowest BCUT2D eigenvalue weighted by Crippen LogP contribution is -2.41. The van der Waals surface area contributed by atoms with Gasteiger partial charge in [-0.15, -0.1) is 11.8 Å². The lowest BCUT2D eigenvalue weighted by atomic mass is 9.92. The molecule has 0 aliphatic heterocycles. The van der Waals surface area contributed by atoms with Crippen molar-refractivity contribution in [2.75, 3.05) is 5.75 Å². The van der Waals surface area contributed by atoms with Crippen LogP contribution in [0.3, 0.4) is 0 Å². The number of benzene rings is 1. The first kappa shape index (κ1) is 14.4. The Hall–Kier alpha value is -1.00. The van der Waals surface area contributed by atoms with Gasteiger partial charge in [0.1, 0.15) is 0 Å². The van der Waals surface area contributed by atoms with E-state index in [1.54, 1.807) is 11.8 Å². The molecular weight excluding hydrogens is 256 g/mol. The van der Waals surface area contributed by atoms with Gasteiger partial charge >= 0.3 is 0 Å². The van der Waals surface area contributed by atoms with Crippen LogP contribution in [0.2, 0.25) is 0 Å². The molecule has 0 atom stereocenters. The first-order valence-electron chi connectivity index (χ1n) is 6.88. The van der Waals surface area contributed by atoms with Gasteiger partial charge in [0.25, 0.3) is 0 Å². The standard InChI is InChI=1S/C15H22N2OS/c1-11-4-2-3-5-14(11)19-10-15(18)17-13-8-6-12(16)7-9-13/h2-5,12-13H,6-10,16H2,1H3,(H,17,18). The van der Waals surface area contributed by atoms with E-state index in [-0.39, 0.29) is 5.91 Å². The Balaban J connectivity index is 1.74. The summed E-state index contributed by atoms with van der Waals surface area (Å²) in [6.45, 7) is 2.07. The molecule has 104 valence electrons. The minimum atomic E-state index is 0.133. The van der Waals surface area contributed by atoms with Gasteiger partial charge in [-0.05, 0) is 44.2 Å². The Kier molecular flexibility index (Phi) is 5.28. The molecule has 4 heteroatoms. The fourth-order valence-electron chi connectivity index (χ4n) is 2.39. The zero-order valence-electron chi connectivity index (χ0n) is 11.4. The molecule has 1 aromatic rings. The summed E-state index contributed by atoms with van der Waals surface area (Å²) in [6.07, 6.45) is 4.08. The van der Waals surface area contributed by atoms with Gasteiger partial charge in [0.05, 0.1) is 5.75 Å². The van der Waals surface area contributed by atoms with Crippen LogP contribution >= 0.6 is 11.8 Å². The first-order chi connectivity index (χ1) is 9.15. The fourth-order valence-corrected chi connectivity index (χ4v) is 3.23. The Morgan fingerprint density at radius 2 is 2.00 bits per heavy atom. The van der Waals surface area contributed by atoms with Gasteiger partial charge in [0.15, 0.2) is 0 Å². The number of thioether (sulfide) groups is 1. The van der Waals surface area contributed by atoms with E-state index in [9.17, 15) is 4.79 Å². The molecule has 1 fully saturated rings. The van der Waals surface area contributed by atoms with Crippen LogP contribution in [0.4, 0.5) is 0 Å². The summed E-state index contributed by atoms with van der Waals surface area (Å²) in [5.41, 5.74) is 7.09. The summed E-state index contributed by atoms with van der Waals surface area (Å²) in [7, 11) is 0. The number of hydrogen-bond donors (Lipinski definition) is 2. The van der Waals surface area contributed by atoms with E-state index in [0.717, 1.165) is 25.7 Å². The Bertz CT molecular complexity index is 428. The highest BCUT2D eigenvalue weighted by atomic mass is 32.2. The van der Waals surface area contributed by atoms with Crippen LogP contribution < -0.4 is 11.1 Å². The van der Waals surface area contributed by atoms with Crippen molar-refractivity contribution in [3.05, 3.63) is 29.8 Å². The van der Waals surface area contributed by atoms with Gasteiger partial charge in [-0.3, -0.25) is 4.79 Å². The van der Waals surface area contributed by atoms with E-state index in [2.05, 4.69) is 24.4 Å². The fraction of sp³-hybridized carbons (Fsp3) is 0.533. The number of amides is 1. The molecule has 1 aliphatic carbocycles. The number of carbonyl (C=O) groups is 1. The van der Waals surface area contributed by atoms with Crippen LogP contribution in [0.25, 0.3) is 0 Å². The predicted octanol–water partition coefficient (Wildman–Crippen LogP) is 2.47. The monoisotopic (exact) mass is 278 g/mol. The van der Waals surface area contributed by atoms with Crippen molar-refractivity contribution >= 4 is 17.7 Å². The summed E-state index contributed by atoms with van der Waals surface area (Å²) in [5, 5.41) is 3.11. The molecule has 0 spiro atoms. The Morgan fingerprint density at radius 3 is 2.68 bits per heavy atom. The topological polar surface area (TPSA) is 55.1 Å². The summed E-state index contributed by atoms with van der Waals surface area (Å²) in [5.74, 6) is 0.627. The van der Waals surface area contributed by atoms with Crippen molar-refractivity contribution < 1.29 is 4.79 Å². The van der Waals surface area contributed by atoms with Gasteiger partial charge in [-0.2, -0.15) is 0 Å². The maximum Gasteiger partial charge on any atom is 0.230 e. The normalized spacial score (nSPS) is 23.1. The Morgan fingerprint density at radius 1 is 1.32 bits per heavy atom. The molecule has 0 radical (unpaired) electrons. The molecule has 19 heavy (non-hydrogen) atoms. The highest BCUT2D eigenvalue weighted by Crippen LogP contribution is 2.22. The van der Waals surface area contributed by atoms with Gasteiger partial charge in [-0.1, -0.05) is 18.2 Å². The molecule has 0 heterocycles. The molecule has 1 amide bonds. The Labute approximate surface area is 119 Å². The molecule has 1 aromatic carbocycles. The van der Waals surface area contributed by atoms with E-state index in [1.807, 2.05) is 12.1 Å². The number of aryl methyl sites for hydroxylation is 1. The summed E-state index contributed by atoms with van der Waals surface area (Å²) in [4.78, 5) is 13.1.